The van der Waals surface area contributed by atoms with Gasteiger partial charge in [0.15, 0.2) is 0 Å². The Labute approximate surface area is 258 Å². The van der Waals surface area contributed by atoms with Crippen LogP contribution < -0.4 is 0 Å². The Bertz CT molecular complexity index is 1230. The lowest BCUT2D eigenvalue weighted by atomic mass is 9.51. The van der Waals surface area contributed by atoms with E-state index < -0.39 is 12.3 Å². The number of halogens is 1. The zero-order valence-corrected chi connectivity index (χ0v) is 26.1. The predicted octanol–water partition coefficient (Wildman–Crippen LogP) is 8.34. The highest BCUT2D eigenvalue weighted by atomic mass is 19.1. The molecule has 0 radical (unpaired) electrons. The summed E-state index contributed by atoms with van der Waals surface area (Å²) in [5, 5.41) is 21.2. The number of rotatable bonds is 10. The second-order valence-corrected chi connectivity index (χ2v) is 14.7. The van der Waals surface area contributed by atoms with E-state index in [9.17, 15) is 15.0 Å². The fourth-order valence-corrected chi connectivity index (χ4v) is 9.80. The first kappa shape index (κ1) is 30.6. The SMILES string of the molecule is C[C@]12C[C@H](F)C3c4ccc(O)cc4C[C@@H](CCCCN(Cc4ccccc4)C(=O)CCC4CCCCC4)C3C1CC[C@@H]2O. The molecule has 0 spiro atoms. The van der Waals surface area contributed by atoms with E-state index in [1.807, 2.05) is 30.3 Å². The minimum absolute atomic E-state index is 0.159. The van der Waals surface area contributed by atoms with Crippen molar-refractivity contribution in [3.63, 3.8) is 0 Å². The molecule has 4 aliphatic carbocycles. The summed E-state index contributed by atoms with van der Waals surface area (Å²) < 4.78 is 16.1. The number of carbonyl (C=O) groups excluding carboxylic acids is 1. The van der Waals surface area contributed by atoms with Gasteiger partial charge < -0.3 is 15.1 Å². The van der Waals surface area contributed by atoms with Crippen molar-refractivity contribution >= 4 is 5.91 Å². The lowest BCUT2D eigenvalue weighted by molar-refractivity contribution is -0.132. The van der Waals surface area contributed by atoms with Gasteiger partial charge in [-0.05, 0) is 103 Å². The molecule has 0 heterocycles. The second kappa shape index (κ2) is 13.3. The first-order chi connectivity index (χ1) is 20.8. The molecule has 0 saturated heterocycles. The Morgan fingerprint density at radius 1 is 1.00 bits per heavy atom. The van der Waals surface area contributed by atoms with Gasteiger partial charge in [0.1, 0.15) is 11.9 Å². The molecule has 0 aromatic heterocycles. The maximum absolute atomic E-state index is 16.1. The van der Waals surface area contributed by atoms with Gasteiger partial charge in [-0.25, -0.2) is 4.39 Å². The monoisotopic (exact) mass is 589 g/mol. The lowest BCUT2D eigenvalue weighted by Crippen LogP contribution is -2.51. The standard InChI is InChI=1S/C38H52FNO3/c1-38-24-33(39)37-31-17-16-30(41)23-29(31)22-28(36(37)32(38)18-19-34(38)42)14-8-9-21-40(25-27-12-6-3-7-13-27)35(43)20-15-26-10-4-2-5-11-26/h3,6-7,12-13,16-17,23,26,28,32-34,36-37,41-42H,2,4-5,8-11,14-15,18-22,24-25H2,1H3/t28-,32?,33+,34+,36?,37?,38+/m1/s1. The summed E-state index contributed by atoms with van der Waals surface area (Å²) in [6, 6.07) is 15.9. The third-order valence-electron chi connectivity index (χ3n) is 12.1. The van der Waals surface area contributed by atoms with Crippen molar-refractivity contribution in [1.82, 2.24) is 4.90 Å². The Hall–Kier alpha value is -2.40. The number of alkyl halides is 1. The van der Waals surface area contributed by atoms with E-state index in [-0.39, 0.29) is 28.9 Å². The first-order valence-corrected chi connectivity index (χ1v) is 17.3. The van der Waals surface area contributed by atoms with Crippen LogP contribution in [0.3, 0.4) is 0 Å². The number of benzene rings is 2. The van der Waals surface area contributed by atoms with E-state index >= 15 is 4.39 Å². The van der Waals surface area contributed by atoms with Crippen LogP contribution in [0.1, 0.15) is 113 Å². The number of aliphatic hydroxyl groups excluding tert-OH is 1. The third-order valence-corrected chi connectivity index (χ3v) is 12.1. The maximum atomic E-state index is 16.1. The quantitative estimate of drug-likeness (QED) is 0.274. The van der Waals surface area contributed by atoms with E-state index in [0.717, 1.165) is 62.6 Å². The van der Waals surface area contributed by atoms with Crippen LogP contribution in [0.2, 0.25) is 0 Å². The van der Waals surface area contributed by atoms with E-state index in [2.05, 4.69) is 24.0 Å². The van der Waals surface area contributed by atoms with E-state index in [1.54, 1.807) is 6.07 Å². The largest absolute Gasteiger partial charge is 0.508 e. The molecule has 0 aliphatic heterocycles. The van der Waals surface area contributed by atoms with Crippen molar-refractivity contribution in [2.24, 2.45) is 29.1 Å². The molecule has 0 bridgehead atoms. The van der Waals surface area contributed by atoms with Gasteiger partial charge in [-0.3, -0.25) is 4.79 Å². The zero-order valence-electron chi connectivity index (χ0n) is 26.1. The number of unbranched alkanes of at least 4 members (excludes halogenated alkanes) is 1. The molecular formula is C38H52FNO3. The maximum Gasteiger partial charge on any atom is 0.222 e. The number of carbonyl (C=O) groups is 1. The molecule has 3 unspecified atom stereocenters. The van der Waals surface area contributed by atoms with Gasteiger partial charge in [-0.1, -0.05) is 81.8 Å². The van der Waals surface area contributed by atoms with Crippen molar-refractivity contribution in [3.8, 4) is 5.75 Å². The van der Waals surface area contributed by atoms with Crippen molar-refractivity contribution in [1.29, 1.82) is 0 Å². The van der Waals surface area contributed by atoms with Crippen LogP contribution in [0.25, 0.3) is 0 Å². The second-order valence-electron chi connectivity index (χ2n) is 14.7. The smallest absolute Gasteiger partial charge is 0.222 e. The summed E-state index contributed by atoms with van der Waals surface area (Å²) in [4.78, 5) is 15.6. The van der Waals surface area contributed by atoms with Gasteiger partial charge in [0.05, 0.1) is 6.10 Å². The lowest BCUT2D eigenvalue weighted by Gasteiger charge is -2.54. The number of phenols is 1. The van der Waals surface area contributed by atoms with Crippen LogP contribution in [0.4, 0.5) is 4.39 Å². The Morgan fingerprint density at radius 2 is 1.79 bits per heavy atom. The number of hydrogen-bond acceptors (Lipinski definition) is 3. The first-order valence-electron chi connectivity index (χ1n) is 17.3. The summed E-state index contributed by atoms with van der Waals surface area (Å²) in [6.45, 7) is 3.54. The minimum atomic E-state index is -0.978. The highest BCUT2D eigenvalue weighted by Crippen LogP contribution is 2.63. The van der Waals surface area contributed by atoms with Gasteiger partial charge in [0.2, 0.25) is 5.91 Å². The number of aromatic hydroxyl groups is 1. The molecule has 3 fully saturated rings. The van der Waals surface area contributed by atoms with Crippen LogP contribution in [0.5, 0.6) is 5.75 Å². The molecule has 4 nitrogen and oxygen atoms in total. The topological polar surface area (TPSA) is 60.8 Å². The van der Waals surface area contributed by atoms with Crippen LogP contribution in [-0.4, -0.2) is 39.8 Å². The molecular weight excluding hydrogens is 537 g/mol. The fourth-order valence-electron chi connectivity index (χ4n) is 9.80. The Morgan fingerprint density at radius 3 is 2.58 bits per heavy atom. The number of hydrogen-bond donors (Lipinski definition) is 2. The van der Waals surface area contributed by atoms with Gasteiger partial charge in [0.25, 0.3) is 0 Å². The number of amides is 1. The molecule has 3 saturated carbocycles. The van der Waals surface area contributed by atoms with Gasteiger partial charge in [0, 0.05) is 25.4 Å². The molecule has 2 N–H and O–H groups in total. The fraction of sp³-hybridized carbons (Fsp3) is 0.658. The molecule has 7 atom stereocenters. The summed E-state index contributed by atoms with van der Waals surface area (Å²) in [7, 11) is 0. The minimum Gasteiger partial charge on any atom is -0.508 e. The summed E-state index contributed by atoms with van der Waals surface area (Å²) in [6.07, 6.45) is 12.7. The number of phenolic OH excluding ortho intramolecular Hbond substituents is 1. The average molecular weight is 590 g/mol. The van der Waals surface area contributed by atoms with Crippen LogP contribution >= 0.6 is 0 Å². The predicted molar refractivity (Wildman–Crippen MR) is 169 cm³/mol. The van der Waals surface area contributed by atoms with Gasteiger partial charge in [-0.15, -0.1) is 0 Å². The normalized spacial score (nSPS) is 32.1. The number of nitrogens with zero attached hydrogens (tertiary/aromatic N) is 1. The van der Waals surface area contributed by atoms with E-state index in [4.69, 9.17) is 0 Å². The molecule has 1 amide bonds. The van der Waals surface area contributed by atoms with Crippen LogP contribution in [-0.2, 0) is 17.8 Å². The third kappa shape index (κ3) is 6.53. The molecule has 2 aromatic rings. The molecule has 234 valence electrons. The van der Waals surface area contributed by atoms with Crippen molar-refractivity contribution < 1.29 is 19.4 Å². The van der Waals surface area contributed by atoms with Crippen molar-refractivity contribution in [3.05, 3.63) is 65.2 Å². The van der Waals surface area contributed by atoms with Gasteiger partial charge >= 0.3 is 0 Å². The summed E-state index contributed by atoms with van der Waals surface area (Å²) in [5.74, 6) is 1.92. The molecule has 5 heteroatoms. The van der Waals surface area contributed by atoms with E-state index in [0.29, 0.717) is 37.1 Å². The van der Waals surface area contributed by atoms with Crippen LogP contribution in [0, 0.1) is 29.1 Å². The van der Waals surface area contributed by atoms with Crippen molar-refractivity contribution in [2.75, 3.05) is 6.54 Å². The number of fused-ring (bicyclic) bond motifs is 5. The summed E-state index contributed by atoms with van der Waals surface area (Å²) >= 11 is 0. The number of aliphatic hydroxyl groups is 1. The molecule has 2 aromatic carbocycles. The Balaban J connectivity index is 1.13. The Kier molecular flexibility index (Phi) is 9.47. The highest BCUT2D eigenvalue weighted by molar-refractivity contribution is 5.76. The van der Waals surface area contributed by atoms with Crippen molar-refractivity contribution in [2.45, 2.75) is 122 Å². The molecule has 43 heavy (non-hydrogen) atoms. The zero-order chi connectivity index (χ0) is 30.0. The van der Waals surface area contributed by atoms with Gasteiger partial charge in [-0.2, -0.15) is 0 Å². The van der Waals surface area contributed by atoms with Crippen LogP contribution in [0.15, 0.2) is 48.5 Å². The average Bonchev–Trinajstić information content (AvgIpc) is 3.31. The van der Waals surface area contributed by atoms with E-state index in [1.165, 1.54) is 37.7 Å². The summed E-state index contributed by atoms with van der Waals surface area (Å²) in [5.41, 5.74) is 2.99. The molecule has 4 aliphatic rings. The highest BCUT2D eigenvalue weighted by Gasteiger charge is 2.59. The molecule has 6 rings (SSSR count).